The Balaban J connectivity index is 3.45. The lowest BCUT2D eigenvalue weighted by atomic mass is 10.1. The predicted molar refractivity (Wildman–Crippen MR) is 54.8 cm³/mol. The SMILES string of the molecule is N#CCc1cc(C(F)(F)F)nc(CCl)c1OC(F)(F)F. The van der Waals surface area contributed by atoms with Gasteiger partial charge in [0.2, 0.25) is 0 Å². The first-order valence-corrected chi connectivity index (χ1v) is 5.40. The van der Waals surface area contributed by atoms with Crippen molar-refractivity contribution in [2.24, 2.45) is 0 Å². The summed E-state index contributed by atoms with van der Waals surface area (Å²) in [5, 5.41) is 8.48. The molecule has 0 saturated heterocycles. The monoisotopic (exact) mass is 318 g/mol. The molecule has 0 aliphatic carbocycles. The lowest BCUT2D eigenvalue weighted by Gasteiger charge is -2.16. The number of nitrogens with zero attached hydrogens (tertiary/aromatic N) is 2. The van der Waals surface area contributed by atoms with Gasteiger partial charge in [-0.25, -0.2) is 4.98 Å². The van der Waals surface area contributed by atoms with Gasteiger partial charge >= 0.3 is 12.5 Å². The largest absolute Gasteiger partial charge is 0.573 e. The Morgan fingerprint density at radius 1 is 1.25 bits per heavy atom. The molecule has 0 aliphatic rings. The van der Waals surface area contributed by atoms with Gasteiger partial charge in [-0.3, -0.25) is 0 Å². The molecule has 0 amide bonds. The standard InChI is InChI=1S/C10H5ClF6N2O/c11-4-6-8(20-10(15,16)17)5(1-2-18)3-7(19-6)9(12,13)14/h3H,1,4H2. The number of hydrogen-bond acceptors (Lipinski definition) is 3. The normalized spacial score (nSPS) is 12.1. The van der Waals surface area contributed by atoms with E-state index in [0.29, 0.717) is 6.07 Å². The first kappa shape index (κ1) is 16.4. The van der Waals surface area contributed by atoms with Crippen LogP contribution in [0.5, 0.6) is 5.75 Å². The molecule has 110 valence electrons. The Kier molecular flexibility index (Phi) is 4.70. The van der Waals surface area contributed by atoms with Crippen molar-refractivity contribution in [3.05, 3.63) is 23.0 Å². The van der Waals surface area contributed by atoms with Crippen LogP contribution in [0.4, 0.5) is 26.3 Å². The summed E-state index contributed by atoms with van der Waals surface area (Å²) in [4.78, 5) is 3.00. The third-order valence-electron chi connectivity index (χ3n) is 2.02. The van der Waals surface area contributed by atoms with Crippen molar-refractivity contribution in [2.75, 3.05) is 0 Å². The first-order chi connectivity index (χ1) is 9.08. The molecule has 3 nitrogen and oxygen atoms in total. The maximum absolute atomic E-state index is 12.5. The summed E-state index contributed by atoms with van der Waals surface area (Å²) in [6, 6.07) is 1.79. The second-order valence-electron chi connectivity index (χ2n) is 3.46. The van der Waals surface area contributed by atoms with Gasteiger partial charge in [0.15, 0.2) is 5.75 Å². The Hall–Kier alpha value is -1.69. The van der Waals surface area contributed by atoms with E-state index in [0.717, 1.165) is 0 Å². The topological polar surface area (TPSA) is 45.9 Å². The minimum atomic E-state index is -5.13. The molecule has 0 unspecified atom stereocenters. The summed E-state index contributed by atoms with van der Waals surface area (Å²) >= 11 is 5.30. The maximum Gasteiger partial charge on any atom is 0.573 e. The molecule has 0 aromatic carbocycles. The van der Waals surface area contributed by atoms with Crippen LogP contribution >= 0.6 is 11.6 Å². The van der Waals surface area contributed by atoms with Gasteiger partial charge in [-0.15, -0.1) is 24.8 Å². The molecule has 1 aromatic rings. The molecule has 0 bridgehead atoms. The van der Waals surface area contributed by atoms with Gasteiger partial charge in [0, 0.05) is 5.56 Å². The average molecular weight is 319 g/mol. The highest BCUT2D eigenvalue weighted by Crippen LogP contribution is 2.35. The fourth-order valence-electron chi connectivity index (χ4n) is 1.34. The van der Waals surface area contributed by atoms with Crippen molar-refractivity contribution in [1.29, 1.82) is 5.26 Å². The van der Waals surface area contributed by atoms with E-state index >= 15 is 0 Å². The van der Waals surface area contributed by atoms with Crippen LogP contribution in [-0.2, 0) is 18.5 Å². The highest BCUT2D eigenvalue weighted by Gasteiger charge is 2.37. The van der Waals surface area contributed by atoms with Crippen LogP contribution in [0.1, 0.15) is 17.0 Å². The number of hydrogen-bond donors (Lipinski definition) is 0. The Labute approximate surface area is 113 Å². The number of ether oxygens (including phenoxy) is 1. The van der Waals surface area contributed by atoms with Crippen molar-refractivity contribution >= 4 is 11.6 Å². The molecule has 0 atom stereocenters. The van der Waals surface area contributed by atoms with Crippen LogP contribution in [0.15, 0.2) is 6.07 Å². The van der Waals surface area contributed by atoms with E-state index in [1.807, 2.05) is 0 Å². The van der Waals surface area contributed by atoms with Gasteiger partial charge in [-0.2, -0.15) is 18.4 Å². The van der Waals surface area contributed by atoms with E-state index in [2.05, 4.69) is 9.72 Å². The van der Waals surface area contributed by atoms with Gasteiger partial charge in [0.1, 0.15) is 5.69 Å². The van der Waals surface area contributed by atoms with Crippen LogP contribution < -0.4 is 4.74 Å². The maximum atomic E-state index is 12.5. The molecule has 10 heteroatoms. The summed E-state index contributed by atoms with van der Waals surface area (Å²) in [5.41, 5.74) is -2.75. The summed E-state index contributed by atoms with van der Waals surface area (Å²) in [5.74, 6) is -1.70. The predicted octanol–water partition coefficient (Wildman–Crippen LogP) is 3.80. The van der Waals surface area contributed by atoms with Crippen LogP contribution in [0, 0.1) is 11.3 Å². The molecular weight excluding hydrogens is 314 g/mol. The van der Waals surface area contributed by atoms with Crippen molar-refractivity contribution in [1.82, 2.24) is 4.98 Å². The van der Waals surface area contributed by atoms with Crippen molar-refractivity contribution in [3.8, 4) is 11.8 Å². The quantitative estimate of drug-likeness (QED) is 0.629. The number of alkyl halides is 7. The lowest BCUT2D eigenvalue weighted by molar-refractivity contribution is -0.275. The van der Waals surface area contributed by atoms with E-state index in [1.54, 1.807) is 0 Å². The summed E-state index contributed by atoms with van der Waals surface area (Å²) in [6.07, 6.45) is -10.7. The van der Waals surface area contributed by atoms with Crippen LogP contribution in [0.25, 0.3) is 0 Å². The number of pyridine rings is 1. The summed E-state index contributed by atoms with van der Waals surface area (Å²) < 4.78 is 77.9. The number of rotatable bonds is 3. The summed E-state index contributed by atoms with van der Waals surface area (Å²) in [7, 11) is 0. The molecule has 1 heterocycles. The van der Waals surface area contributed by atoms with Crippen LogP contribution in [0.3, 0.4) is 0 Å². The fourth-order valence-corrected chi connectivity index (χ4v) is 1.52. The van der Waals surface area contributed by atoms with Gasteiger partial charge in [0.05, 0.1) is 24.1 Å². The highest BCUT2D eigenvalue weighted by molar-refractivity contribution is 6.17. The molecule has 1 aromatic heterocycles. The minimum absolute atomic E-state index is 0.334. The lowest BCUT2D eigenvalue weighted by Crippen LogP contribution is -2.21. The second-order valence-corrected chi connectivity index (χ2v) is 3.72. The average Bonchev–Trinajstić information content (AvgIpc) is 2.28. The van der Waals surface area contributed by atoms with Gasteiger partial charge in [-0.1, -0.05) is 0 Å². The molecular formula is C10H5ClF6N2O. The zero-order chi connectivity index (χ0) is 15.6. The number of halogens is 7. The van der Waals surface area contributed by atoms with Gasteiger partial charge < -0.3 is 4.74 Å². The summed E-state index contributed by atoms with van der Waals surface area (Å²) in [6.45, 7) is 0. The van der Waals surface area contributed by atoms with Crippen molar-refractivity contribution in [3.63, 3.8) is 0 Å². The van der Waals surface area contributed by atoms with Gasteiger partial charge in [0.25, 0.3) is 0 Å². The molecule has 0 saturated carbocycles. The zero-order valence-electron chi connectivity index (χ0n) is 9.44. The Bertz CT molecular complexity index is 534. The van der Waals surface area contributed by atoms with E-state index in [1.165, 1.54) is 6.07 Å². The highest BCUT2D eigenvalue weighted by atomic mass is 35.5. The molecule has 0 radical (unpaired) electrons. The van der Waals surface area contributed by atoms with E-state index in [-0.39, 0.29) is 0 Å². The molecule has 0 fully saturated rings. The molecule has 1 rings (SSSR count). The van der Waals surface area contributed by atoms with Gasteiger partial charge in [-0.05, 0) is 6.07 Å². The van der Waals surface area contributed by atoms with Crippen molar-refractivity contribution in [2.45, 2.75) is 24.8 Å². The number of aromatic nitrogens is 1. The minimum Gasteiger partial charge on any atom is -0.403 e. The Morgan fingerprint density at radius 2 is 1.85 bits per heavy atom. The molecule has 0 spiro atoms. The van der Waals surface area contributed by atoms with E-state index in [4.69, 9.17) is 16.9 Å². The zero-order valence-corrected chi connectivity index (χ0v) is 10.2. The fraction of sp³-hybridized carbons (Fsp3) is 0.400. The molecule has 20 heavy (non-hydrogen) atoms. The van der Waals surface area contributed by atoms with Crippen molar-refractivity contribution < 1.29 is 31.1 Å². The smallest absolute Gasteiger partial charge is 0.403 e. The Morgan fingerprint density at radius 3 is 2.25 bits per heavy atom. The third-order valence-corrected chi connectivity index (χ3v) is 2.28. The molecule has 0 aliphatic heterocycles. The first-order valence-electron chi connectivity index (χ1n) is 4.87. The van der Waals surface area contributed by atoms with E-state index < -0.39 is 47.5 Å². The molecule has 0 N–H and O–H groups in total. The second kappa shape index (κ2) is 5.75. The van der Waals surface area contributed by atoms with E-state index in [9.17, 15) is 26.3 Å². The van der Waals surface area contributed by atoms with Crippen LogP contribution in [0.2, 0.25) is 0 Å². The third kappa shape index (κ3) is 4.16. The van der Waals surface area contributed by atoms with Crippen LogP contribution in [-0.4, -0.2) is 11.3 Å². The number of nitriles is 1.